The van der Waals surface area contributed by atoms with Gasteiger partial charge in [0.05, 0.1) is 30.9 Å². The lowest BCUT2D eigenvalue weighted by molar-refractivity contribution is -0.141. The maximum Gasteiger partial charge on any atom is 0.433 e. The molecule has 0 saturated carbocycles. The number of nitrogen functional groups attached to an aromatic ring is 1. The highest BCUT2D eigenvalue weighted by Crippen LogP contribution is 2.41. The van der Waals surface area contributed by atoms with E-state index in [2.05, 4.69) is 10.1 Å². The van der Waals surface area contributed by atoms with Gasteiger partial charge in [0.25, 0.3) is 0 Å². The second kappa shape index (κ2) is 8.26. The van der Waals surface area contributed by atoms with Crippen LogP contribution < -0.4 is 10.5 Å². The number of anilines is 1. The molecule has 0 aliphatic carbocycles. The molecule has 2 atom stereocenters. The average Bonchev–Trinajstić information content (AvgIpc) is 3.47. The highest BCUT2D eigenvalue weighted by atomic mass is 19.4. The normalized spacial score (nSPS) is 21.8. The number of rotatable bonds is 4. The molecule has 0 aromatic carbocycles. The summed E-state index contributed by atoms with van der Waals surface area (Å²) in [4.78, 5) is 17.8. The maximum atomic E-state index is 13.5. The summed E-state index contributed by atoms with van der Waals surface area (Å²) in [6, 6.07) is 5.72. The summed E-state index contributed by atoms with van der Waals surface area (Å²) >= 11 is 0. The minimum Gasteiger partial charge on any atom is -0.488 e. The second-order valence-electron chi connectivity index (χ2n) is 10.2. The third-order valence-electron chi connectivity index (χ3n) is 6.16. The summed E-state index contributed by atoms with van der Waals surface area (Å²) in [7, 11) is 0. The lowest BCUT2D eigenvalue weighted by Crippen LogP contribution is -2.49. The van der Waals surface area contributed by atoms with E-state index < -0.39 is 29.2 Å². The van der Waals surface area contributed by atoms with Crippen LogP contribution in [-0.4, -0.2) is 62.6 Å². The highest BCUT2D eigenvalue weighted by molar-refractivity contribution is 5.75. The van der Waals surface area contributed by atoms with Crippen LogP contribution in [0.1, 0.15) is 32.9 Å². The van der Waals surface area contributed by atoms with Gasteiger partial charge in [0.15, 0.2) is 0 Å². The molecule has 5 rings (SSSR count). The number of likely N-dealkylation sites (tertiary alicyclic amines) is 1. The van der Waals surface area contributed by atoms with Crippen LogP contribution in [0.4, 0.5) is 23.8 Å². The van der Waals surface area contributed by atoms with Crippen LogP contribution in [0.5, 0.6) is 5.75 Å². The van der Waals surface area contributed by atoms with Crippen LogP contribution in [0.3, 0.4) is 0 Å². The molecule has 192 valence electrons. The highest BCUT2D eigenvalue weighted by Gasteiger charge is 2.54. The minimum absolute atomic E-state index is 0.0325. The van der Waals surface area contributed by atoms with Crippen LogP contribution in [-0.2, 0) is 15.7 Å². The number of carbonyl (C=O) groups excluding carboxylic acids is 1. The number of hydrogen-bond acceptors (Lipinski definition) is 7. The first-order valence-electron chi connectivity index (χ1n) is 11.4. The fourth-order valence-electron chi connectivity index (χ4n) is 4.58. The molecule has 2 aliphatic heterocycles. The molecule has 3 aromatic rings. The van der Waals surface area contributed by atoms with E-state index in [0.29, 0.717) is 24.1 Å². The summed E-state index contributed by atoms with van der Waals surface area (Å²) in [5.74, 6) is 0.453. The van der Waals surface area contributed by atoms with Crippen LogP contribution in [0.25, 0.3) is 16.6 Å². The van der Waals surface area contributed by atoms with E-state index in [1.165, 1.54) is 4.52 Å². The Morgan fingerprint density at radius 3 is 2.78 bits per heavy atom. The SMILES string of the molecule is CC(C)(C)OC(=O)N1C[C@@]2(COc3cnc(C(F)(F)F)cc3-c3ccn4nc(N)cc4c3)C[C@@H]1CO2. The number of morpholine rings is 1. The molecule has 2 aliphatic rings. The van der Waals surface area contributed by atoms with Crippen LogP contribution in [0.15, 0.2) is 36.7 Å². The second-order valence-corrected chi connectivity index (χ2v) is 10.2. The van der Waals surface area contributed by atoms with E-state index in [9.17, 15) is 18.0 Å². The fourth-order valence-corrected chi connectivity index (χ4v) is 4.58. The van der Waals surface area contributed by atoms with E-state index in [4.69, 9.17) is 19.9 Å². The summed E-state index contributed by atoms with van der Waals surface area (Å²) in [5, 5.41) is 4.10. The molecule has 2 bridgehead atoms. The molecule has 2 saturated heterocycles. The van der Waals surface area contributed by atoms with Gasteiger partial charge in [0, 0.05) is 24.2 Å². The number of alkyl halides is 3. The zero-order valence-electron chi connectivity index (χ0n) is 20.0. The van der Waals surface area contributed by atoms with Gasteiger partial charge < -0.3 is 19.9 Å². The van der Waals surface area contributed by atoms with Crippen molar-refractivity contribution in [1.29, 1.82) is 0 Å². The fraction of sp³-hybridized carbons (Fsp3) is 0.458. The smallest absolute Gasteiger partial charge is 0.433 e. The monoisotopic (exact) mass is 505 g/mol. The molecule has 0 unspecified atom stereocenters. The standard InChI is InChI=1S/C24H26F3N5O4/c1-22(2,3)36-21(33)31-12-23(9-16(31)11-35-23)13-34-18-10-29-19(24(25,26)27)8-17(18)14-4-5-32-15(6-14)7-20(28)30-32/h4-8,10,16H,9,11-13H2,1-3H3,(H2,28,30)/t16-,23-/m1/s1. The van der Waals surface area contributed by atoms with Gasteiger partial charge in [-0.05, 0) is 44.5 Å². The first kappa shape index (κ1) is 24.2. The molecule has 1 amide bonds. The summed E-state index contributed by atoms with van der Waals surface area (Å²) in [6.45, 7) is 6.01. The van der Waals surface area contributed by atoms with Gasteiger partial charge in [-0.3, -0.25) is 4.90 Å². The Morgan fingerprint density at radius 1 is 1.28 bits per heavy atom. The molecule has 2 N–H and O–H groups in total. The number of amides is 1. The quantitative estimate of drug-likeness (QED) is 0.568. The maximum absolute atomic E-state index is 13.5. The van der Waals surface area contributed by atoms with E-state index in [0.717, 1.165) is 12.3 Å². The van der Waals surface area contributed by atoms with Gasteiger partial charge >= 0.3 is 12.3 Å². The average molecular weight is 505 g/mol. The lowest BCUT2D eigenvalue weighted by atomic mass is 10.0. The number of ether oxygens (including phenoxy) is 3. The number of nitrogens with two attached hydrogens (primary N) is 1. The number of nitrogens with zero attached hydrogens (tertiary/aromatic N) is 4. The first-order valence-corrected chi connectivity index (χ1v) is 11.4. The molecule has 0 radical (unpaired) electrons. The number of fused-ring (bicyclic) bond motifs is 3. The van der Waals surface area contributed by atoms with E-state index in [-0.39, 0.29) is 36.3 Å². The zero-order chi connectivity index (χ0) is 25.9. The number of aromatic nitrogens is 3. The number of carbonyl (C=O) groups is 1. The van der Waals surface area contributed by atoms with Crippen molar-refractivity contribution in [3.8, 4) is 16.9 Å². The minimum atomic E-state index is -4.63. The Hall–Kier alpha value is -3.54. The van der Waals surface area contributed by atoms with Crippen molar-refractivity contribution in [3.05, 3.63) is 42.4 Å². The summed E-state index contributed by atoms with van der Waals surface area (Å²) in [5.41, 5.74) is 4.60. The number of halogens is 3. The Kier molecular flexibility index (Phi) is 5.54. The predicted molar refractivity (Wildman–Crippen MR) is 123 cm³/mol. The van der Waals surface area contributed by atoms with Crippen molar-refractivity contribution in [3.63, 3.8) is 0 Å². The molecular formula is C24H26F3N5O4. The van der Waals surface area contributed by atoms with Gasteiger partial charge in [-0.2, -0.15) is 18.3 Å². The van der Waals surface area contributed by atoms with Gasteiger partial charge in [0.2, 0.25) is 0 Å². The molecule has 5 heterocycles. The topological polar surface area (TPSA) is 104 Å². The molecule has 2 fully saturated rings. The molecule has 12 heteroatoms. The molecular weight excluding hydrogens is 479 g/mol. The van der Waals surface area contributed by atoms with Crippen molar-refractivity contribution in [1.82, 2.24) is 19.5 Å². The molecule has 0 spiro atoms. The van der Waals surface area contributed by atoms with Gasteiger partial charge in [0.1, 0.15) is 35.1 Å². The Bertz CT molecular complexity index is 1320. The Labute approximate surface area is 204 Å². The third kappa shape index (κ3) is 4.64. The van der Waals surface area contributed by atoms with Crippen molar-refractivity contribution in [2.24, 2.45) is 0 Å². The van der Waals surface area contributed by atoms with Crippen LogP contribution >= 0.6 is 0 Å². The van der Waals surface area contributed by atoms with Gasteiger partial charge in [-0.1, -0.05) is 0 Å². The molecule has 36 heavy (non-hydrogen) atoms. The molecule has 3 aromatic heterocycles. The van der Waals surface area contributed by atoms with E-state index in [1.807, 2.05) is 0 Å². The number of hydrogen-bond donors (Lipinski definition) is 1. The van der Waals surface area contributed by atoms with Gasteiger partial charge in [-0.25, -0.2) is 14.3 Å². The molecule has 9 nitrogen and oxygen atoms in total. The predicted octanol–water partition coefficient (Wildman–Crippen LogP) is 4.15. The Morgan fingerprint density at radius 2 is 2.06 bits per heavy atom. The first-order chi connectivity index (χ1) is 16.8. The van der Waals surface area contributed by atoms with E-state index in [1.54, 1.807) is 50.1 Å². The van der Waals surface area contributed by atoms with E-state index >= 15 is 0 Å². The Balaban J connectivity index is 1.41. The number of pyridine rings is 2. The van der Waals surface area contributed by atoms with Crippen LogP contribution in [0, 0.1) is 0 Å². The van der Waals surface area contributed by atoms with Gasteiger partial charge in [-0.15, -0.1) is 0 Å². The largest absolute Gasteiger partial charge is 0.488 e. The lowest BCUT2D eigenvalue weighted by Gasteiger charge is -2.34. The van der Waals surface area contributed by atoms with Crippen molar-refractivity contribution >= 4 is 17.4 Å². The third-order valence-corrected chi connectivity index (χ3v) is 6.16. The van der Waals surface area contributed by atoms with Crippen molar-refractivity contribution in [2.75, 3.05) is 25.5 Å². The zero-order valence-corrected chi connectivity index (χ0v) is 20.0. The summed E-state index contributed by atoms with van der Waals surface area (Å²) in [6.07, 6.45) is -1.84. The summed E-state index contributed by atoms with van der Waals surface area (Å²) < 4.78 is 59.4. The van der Waals surface area contributed by atoms with Crippen LogP contribution in [0.2, 0.25) is 0 Å². The van der Waals surface area contributed by atoms with Crippen molar-refractivity contribution in [2.45, 2.75) is 50.6 Å². The van der Waals surface area contributed by atoms with Crippen molar-refractivity contribution < 1.29 is 32.2 Å².